The van der Waals surface area contributed by atoms with Crippen molar-refractivity contribution in [3.05, 3.63) is 41.3 Å². The molecule has 1 N–H and O–H groups in total. The summed E-state index contributed by atoms with van der Waals surface area (Å²) in [7, 11) is 0. The lowest BCUT2D eigenvalue weighted by atomic mass is 9.94. The maximum Gasteiger partial charge on any atom is 0.298 e. The highest BCUT2D eigenvalue weighted by Crippen LogP contribution is 2.24. The van der Waals surface area contributed by atoms with Crippen LogP contribution in [0.15, 0.2) is 35.8 Å². The molecule has 0 bridgehead atoms. The van der Waals surface area contributed by atoms with Crippen LogP contribution in [0.1, 0.15) is 26.2 Å². The van der Waals surface area contributed by atoms with Crippen LogP contribution in [0.3, 0.4) is 0 Å². The van der Waals surface area contributed by atoms with Gasteiger partial charge in [0.15, 0.2) is 11.5 Å². The summed E-state index contributed by atoms with van der Waals surface area (Å²) < 4.78 is 2.81. The topological polar surface area (TPSA) is 97.5 Å². The van der Waals surface area contributed by atoms with Gasteiger partial charge in [-0.25, -0.2) is 14.6 Å². The summed E-state index contributed by atoms with van der Waals surface area (Å²) >= 11 is 0. The first kappa shape index (κ1) is 15.6. The van der Waals surface area contributed by atoms with E-state index in [0.29, 0.717) is 11.5 Å². The van der Waals surface area contributed by atoms with Crippen LogP contribution in [0.5, 0.6) is 0 Å². The van der Waals surface area contributed by atoms with Gasteiger partial charge in [0.2, 0.25) is 0 Å². The van der Waals surface area contributed by atoms with E-state index < -0.39 is 0 Å². The quantitative estimate of drug-likeness (QED) is 0.765. The summed E-state index contributed by atoms with van der Waals surface area (Å²) in [6.07, 6.45) is 9.82. The molecule has 9 nitrogen and oxygen atoms in total. The molecule has 1 saturated heterocycles. The van der Waals surface area contributed by atoms with Gasteiger partial charge in [0.05, 0.1) is 18.6 Å². The normalized spacial score (nSPS) is 15.6. The van der Waals surface area contributed by atoms with Crippen LogP contribution in [0, 0.1) is 5.92 Å². The summed E-state index contributed by atoms with van der Waals surface area (Å²) in [5.74, 6) is 2.16. The molecule has 4 heterocycles. The first-order valence-electron chi connectivity index (χ1n) is 8.50. The molecule has 3 aromatic heterocycles. The number of aromatic nitrogens is 7. The Morgan fingerprint density at radius 1 is 1.24 bits per heavy atom. The van der Waals surface area contributed by atoms with E-state index in [1.807, 2.05) is 6.07 Å². The predicted molar refractivity (Wildman–Crippen MR) is 92.1 cm³/mol. The highest BCUT2D eigenvalue weighted by molar-refractivity contribution is 5.44. The van der Waals surface area contributed by atoms with Crippen molar-refractivity contribution in [2.45, 2.75) is 26.2 Å². The van der Waals surface area contributed by atoms with E-state index >= 15 is 0 Å². The molecular formula is C16H20N8O. The molecule has 0 atom stereocenters. The number of hydrogen-bond donors (Lipinski definition) is 1. The zero-order valence-corrected chi connectivity index (χ0v) is 14.0. The van der Waals surface area contributed by atoms with Crippen LogP contribution in [0.4, 0.5) is 5.82 Å². The highest BCUT2D eigenvalue weighted by atomic mass is 16.1. The number of anilines is 1. The number of piperidine rings is 1. The van der Waals surface area contributed by atoms with Crippen molar-refractivity contribution in [1.29, 1.82) is 0 Å². The molecule has 9 heteroatoms. The summed E-state index contributed by atoms with van der Waals surface area (Å²) in [6.45, 7) is 4.21. The summed E-state index contributed by atoms with van der Waals surface area (Å²) in [4.78, 5) is 23.5. The van der Waals surface area contributed by atoms with Gasteiger partial charge in [0, 0.05) is 19.2 Å². The number of nitrogens with one attached hydrogen (secondary N) is 1. The van der Waals surface area contributed by atoms with Crippen molar-refractivity contribution < 1.29 is 0 Å². The molecular weight excluding hydrogens is 320 g/mol. The van der Waals surface area contributed by atoms with Crippen molar-refractivity contribution in [3.8, 4) is 11.5 Å². The van der Waals surface area contributed by atoms with Crippen molar-refractivity contribution in [2.75, 3.05) is 18.0 Å². The number of hydrogen-bond acceptors (Lipinski definition) is 6. The third kappa shape index (κ3) is 2.92. The van der Waals surface area contributed by atoms with E-state index in [1.165, 1.54) is 41.2 Å². The van der Waals surface area contributed by atoms with E-state index in [2.05, 4.69) is 37.2 Å². The van der Waals surface area contributed by atoms with E-state index in [-0.39, 0.29) is 5.56 Å². The Labute approximate surface area is 144 Å². The van der Waals surface area contributed by atoms with Crippen molar-refractivity contribution in [1.82, 2.24) is 34.7 Å². The molecule has 0 saturated carbocycles. The highest BCUT2D eigenvalue weighted by Gasteiger charge is 2.20. The minimum Gasteiger partial charge on any atom is -0.356 e. The smallest absolute Gasteiger partial charge is 0.298 e. The number of nitrogens with zero attached hydrogens (tertiary/aromatic N) is 7. The fourth-order valence-electron chi connectivity index (χ4n) is 3.23. The van der Waals surface area contributed by atoms with Gasteiger partial charge >= 0.3 is 0 Å². The maximum atomic E-state index is 12.6. The predicted octanol–water partition coefficient (Wildman–Crippen LogP) is 1.16. The van der Waals surface area contributed by atoms with Gasteiger partial charge in [-0.15, -0.1) is 5.10 Å². The summed E-state index contributed by atoms with van der Waals surface area (Å²) in [6, 6.07) is 1.84. The van der Waals surface area contributed by atoms with Crippen LogP contribution in [0.25, 0.3) is 11.5 Å². The van der Waals surface area contributed by atoms with Gasteiger partial charge in [-0.2, -0.15) is 4.68 Å². The molecule has 1 fully saturated rings. The van der Waals surface area contributed by atoms with Crippen molar-refractivity contribution in [2.24, 2.45) is 5.92 Å². The molecule has 1 aliphatic rings. The molecule has 3 aromatic rings. The molecule has 25 heavy (non-hydrogen) atoms. The standard InChI is InChI=1S/C16H20N8O/c1-2-12-3-6-22(7-4-12)14-9-15(18-11-17-14)24-16(25)13(10-20-24)23-8-5-19-21-23/h5,8-12,20H,2-4,6-7H2,1H3. The van der Waals surface area contributed by atoms with E-state index in [9.17, 15) is 4.79 Å². The zero-order valence-electron chi connectivity index (χ0n) is 14.0. The van der Waals surface area contributed by atoms with E-state index in [4.69, 9.17) is 0 Å². The third-order valence-electron chi connectivity index (χ3n) is 4.81. The van der Waals surface area contributed by atoms with E-state index in [1.54, 1.807) is 12.4 Å². The first-order chi connectivity index (χ1) is 12.3. The summed E-state index contributed by atoms with van der Waals surface area (Å²) in [5.41, 5.74) is 0.154. The van der Waals surface area contributed by atoms with Gasteiger partial charge in [-0.05, 0) is 18.8 Å². The number of rotatable bonds is 4. The largest absolute Gasteiger partial charge is 0.356 e. The molecule has 0 aromatic carbocycles. The van der Waals surface area contributed by atoms with Crippen LogP contribution >= 0.6 is 0 Å². The minimum atomic E-state index is -0.236. The average molecular weight is 340 g/mol. The van der Waals surface area contributed by atoms with Crippen molar-refractivity contribution >= 4 is 5.82 Å². The lowest BCUT2D eigenvalue weighted by molar-refractivity contribution is 0.393. The lowest BCUT2D eigenvalue weighted by Crippen LogP contribution is -2.34. The van der Waals surface area contributed by atoms with Gasteiger partial charge in [0.1, 0.15) is 12.1 Å². The molecule has 0 spiro atoms. The molecule has 4 rings (SSSR count). The second-order valence-corrected chi connectivity index (χ2v) is 6.22. The van der Waals surface area contributed by atoms with Gasteiger partial charge in [-0.1, -0.05) is 18.6 Å². The van der Waals surface area contributed by atoms with Crippen LogP contribution in [0.2, 0.25) is 0 Å². The van der Waals surface area contributed by atoms with Crippen LogP contribution in [-0.4, -0.2) is 47.8 Å². The zero-order chi connectivity index (χ0) is 17.2. The van der Waals surface area contributed by atoms with Crippen molar-refractivity contribution in [3.63, 3.8) is 0 Å². The Morgan fingerprint density at radius 3 is 2.76 bits per heavy atom. The number of H-pyrrole nitrogens is 1. The Bertz CT molecular complexity index is 889. The van der Waals surface area contributed by atoms with Gasteiger partial charge in [-0.3, -0.25) is 9.89 Å². The molecule has 130 valence electrons. The molecule has 0 aliphatic carbocycles. The molecule has 0 radical (unpaired) electrons. The first-order valence-corrected chi connectivity index (χ1v) is 8.50. The Kier molecular flexibility index (Phi) is 4.04. The fourth-order valence-corrected chi connectivity index (χ4v) is 3.23. The second-order valence-electron chi connectivity index (χ2n) is 6.22. The van der Waals surface area contributed by atoms with Gasteiger partial charge in [0.25, 0.3) is 5.56 Å². The average Bonchev–Trinajstić information content (AvgIpc) is 3.31. The Hall–Kier alpha value is -2.97. The monoisotopic (exact) mass is 340 g/mol. The maximum absolute atomic E-state index is 12.6. The second kappa shape index (κ2) is 6.50. The third-order valence-corrected chi connectivity index (χ3v) is 4.81. The van der Waals surface area contributed by atoms with Gasteiger partial charge < -0.3 is 4.90 Å². The minimum absolute atomic E-state index is 0.236. The van der Waals surface area contributed by atoms with Crippen LogP contribution in [-0.2, 0) is 0 Å². The fraction of sp³-hybridized carbons (Fsp3) is 0.438. The Morgan fingerprint density at radius 2 is 2.04 bits per heavy atom. The number of aromatic amines is 1. The van der Waals surface area contributed by atoms with E-state index in [0.717, 1.165) is 24.8 Å². The molecule has 0 amide bonds. The summed E-state index contributed by atoms with van der Waals surface area (Å²) in [5, 5.41) is 10.5. The molecule has 1 aliphatic heterocycles. The SMILES string of the molecule is CCC1CCN(c2cc(-n3[nH]cc(-n4ccnn4)c3=O)ncn2)CC1. The lowest BCUT2D eigenvalue weighted by Gasteiger charge is -2.32. The Balaban J connectivity index is 1.61. The molecule has 0 unspecified atom stereocenters. The van der Waals surface area contributed by atoms with Crippen LogP contribution < -0.4 is 10.5 Å².